The van der Waals surface area contributed by atoms with E-state index >= 15 is 0 Å². The second-order valence-electron chi connectivity index (χ2n) is 18.2. The molecule has 0 aromatic heterocycles. The molecule has 0 atom stereocenters. The van der Waals surface area contributed by atoms with Gasteiger partial charge in [-0.15, -0.1) is 0 Å². The van der Waals surface area contributed by atoms with Crippen molar-refractivity contribution in [3.63, 3.8) is 0 Å². The summed E-state index contributed by atoms with van der Waals surface area (Å²) in [4.78, 5) is 0. The van der Waals surface area contributed by atoms with Crippen LogP contribution in [0.4, 0.5) is 0 Å². The van der Waals surface area contributed by atoms with Gasteiger partial charge in [-0.1, -0.05) is 225 Å². The zero-order valence-corrected chi connectivity index (χ0v) is 42.4. The Bertz CT molecular complexity index is 1440. The van der Waals surface area contributed by atoms with Gasteiger partial charge in [0.1, 0.15) is 0 Å². The summed E-state index contributed by atoms with van der Waals surface area (Å²) >= 11 is 0.819. The zero-order chi connectivity index (χ0) is 44.7. The standard InChI is InChI=1S/C55H90N2.2CH3O.Ni/c1-5-9-13-14-15-16-17-18-19-20-21-22-23-24-25-26-27-28-29-30-31-32-33-35-42-53-52(41-34-10-6-2)54(50-45-43-48(44-46-50)37-11-7-3)57(56)55(53)51-40-36-39-49(47-51)38-12-8-4;2*1-2;/h36,39-40,43-47H,5-35,37-38,41-42H2,1-4H3;2*1H3;/q;2*-1;+2. The summed E-state index contributed by atoms with van der Waals surface area (Å²) in [6.45, 7) is 9.13. The quantitative estimate of drug-likeness (QED) is 0.0381. The van der Waals surface area contributed by atoms with Gasteiger partial charge in [0.2, 0.25) is 11.4 Å². The van der Waals surface area contributed by atoms with Crippen LogP contribution in [0.25, 0.3) is 16.9 Å². The number of rotatable bonds is 39. The first kappa shape index (κ1) is 56.1. The van der Waals surface area contributed by atoms with E-state index in [2.05, 4.69) is 84.0 Å². The maximum absolute atomic E-state index is 12.1. The fraction of sp³-hybridized carbons (Fsp3) is 0.719. The summed E-state index contributed by atoms with van der Waals surface area (Å²) in [6, 6.07) is 18.2. The van der Waals surface area contributed by atoms with Crippen LogP contribution in [0.3, 0.4) is 0 Å². The summed E-state index contributed by atoms with van der Waals surface area (Å²) in [7, 11) is 3.12. The summed E-state index contributed by atoms with van der Waals surface area (Å²) in [5, 5.41) is 0. The van der Waals surface area contributed by atoms with E-state index in [9.17, 15) is 5.53 Å². The van der Waals surface area contributed by atoms with Gasteiger partial charge >= 0.3 is 37.1 Å². The molecule has 2 aromatic carbocycles. The van der Waals surface area contributed by atoms with Gasteiger partial charge in [0.25, 0.3) is 0 Å². The summed E-state index contributed by atoms with van der Waals surface area (Å²) < 4.78 is 10.4. The predicted molar refractivity (Wildman–Crippen MR) is 267 cm³/mol. The molecule has 2 aromatic rings. The number of benzene rings is 2. The second-order valence-corrected chi connectivity index (χ2v) is 19.2. The Kier molecular flexibility index (Phi) is 35.5. The second kappa shape index (κ2) is 39.3. The number of unbranched alkanes of at least 4 members (excludes halogenated alkanes) is 27. The molecule has 0 saturated heterocycles. The van der Waals surface area contributed by atoms with E-state index in [4.69, 9.17) is 0 Å². The van der Waals surface area contributed by atoms with Gasteiger partial charge in [0, 0.05) is 22.3 Å². The Hall–Kier alpha value is -2.07. The molecular formula is C57H96N2NiO2. The van der Waals surface area contributed by atoms with Crippen LogP contribution in [-0.2, 0) is 35.7 Å². The molecule has 0 spiro atoms. The van der Waals surface area contributed by atoms with Crippen LogP contribution in [-0.4, -0.2) is 18.9 Å². The normalized spacial score (nSPS) is 12.8. The van der Waals surface area contributed by atoms with E-state index in [-0.39, 0.29) is 0 Å². The third-order valence-corrected chi connectivity index (χ3v) is 13.2. The minimum atomic E-state index is 0.819. The first-order chi connectivity index (χ1) is 30.6. The third kappa shape index (κ3) is 24.8. The number of hydrogen-bond donors (Lipinski definition) is 0. The molecule has 0 unspecified atom stereocenters. The van der Waals surface area contributed by atoms with Gasteiger partial charge in [-0.3, -0.25) is 0 Å². The third-order valence-electron chi connectivity index (χ3n) is 12.8. The average molecular weight is 900 g/mol. The number of allylic oxidation sites excluding steroid dienone is 2. The van der Waals surface area contributed by atoms with Gasteiger partial charge in [0.05, 0.1) is 0 Å². The zero-order valence-electron chi connectivity index (χ0n) is 41.4. The van der Waals surface area contributed by atoms with Crippen LogP contribution in [0.15, 0.2) is 59.7 Å². The van der Waals surface area contributed by atoms with Crippen LogP contribution in [0.2, 0.25) is 0 Å². The van der Waals surface area contributed by atoms with E-state index in [0.29, 0.717) is 0 Å². The minimum absolute atomic E-state index is 0.819. The average Bonchev–Trinajstić information content (AvgIpc) is 3.57. The molecule has 4 nitrogen and oxygen atoms in total. The molecule has 0 radical (unpaired) electrons. The van der Waals surface area contributed by atoms with Gasteiger partial charge in [-0.05, 0) is 86.8 Å². The van der Waals surface area contributed by atoms with Crippen LogP contribution >= 0.6 is 0 Å². The van der Waals surface area contributed by atoms with E-state index in [1.54, 1.807) is 18.9 Å². The Labute approximate surface area is 391 Å². The summed E-state index contributed by atoms with van der Waals surface area (Å²) in [6.07, 6.45) is 46.8. The molecule has 3 rings (SSSR count). The molecule has 1 aliphatic rings. The SMILES string of the molecule is CCCCCCCCCCCCCCCCCCCCCCCCCCC1=C(c2cccc(CCCC)c2)[N+](=[N-])C(c2ccc(CCCC)cc2)=C1CCCCC.C[O][Ni][O]C. The van der Waals surface area contributed by atoms with Crippen molar-refractivity contribution < 1.29 is 27.5 Å². The van der Waals surface area contributed by atoms with Crippen molar-refractivity contribution in [3.8, 4) is 0 Å². The molecular weight excluding hydrogens is 803 g/mol. The van der Waals surface area contributed by atoms with Crippen molar-refractivity contribution in [2.45, 2.75) is 252 Å². The Morgan fingerprint density at radius 1 is 0.387 bits per heavy atom. The molecule has 356 valence electrons. The Morgan fingerprint density at radius 2 is 0.742 bits per heavy atom. The van der Waals surface area contributed by atoms with Crippen molar-refractivity contribution in [3.05, 3.63) is 87.5 Å². The molecule has 0 fully saturated rings. The number of nitrogens with zero attached hydrogens (tertiary/aromatic N) is 2. The summed E-state index contributed by atoms with van der Waals surface area (Å²) in [5.74, 6) is 0. The van der Waals surface area contributed by atoms with Gasteiger partial charge in [-0.2, -0.15) is 0 Å². The topological polar surface area (TPSA) is 43.8 Å². The molecule has 0 aliphatic carbocycles. The predicted octanol–water partition coefficient (Wildman–Crippen LogP) is 19.1. The van der Waals surface area contributed by atoms with Crippen molar-refractivity contribution in [2.24, 2.45) is 0 Å². The number of aryl methyl sites for hydroxylation is 2. The van der Waals surface area contributed by atoms with E-state index in [0.717, 1.165) is 57.7 Å². The molecule has 0 saturated carbocycles. The van der Waals surface area contributed by atoms with Crippen molar-refractivity contribution in [2.75, 3.05) is 14.2 Å². The maximum atomic E-state index is 12.1. The number of hydrogen-bond acceptors (Lipinski definition) is 2. The van der Waals surface area contributed by atoms with E-state index < -0.39 is 0 Å². The van der Waals surface area contributed by atoms with Gasteiger partial charge < -0.3 is 5.53 Å². The monoisotopic (exact) mass is 899 g/mol. The van der Waals surface area contributed by atoms with Crippen LogP contribution in [0.5, 0.6) is 0 Å². The molecule has 5 heteroatoms. The first-order valence-electron chi connectivity index (χ1n) is 26.4. The van der Waals surface area contributed by atoms with E-state index in [1.807, 2.05) is 0 Å². The molecule has 0 bridgehead atoms. The molecule has 0 amide bonds. The van der Waals surface area contributed by atoms with Crippen molar-refractivity contribution in [1.82, 2.24) is 0 Å². The van der Waals surface area contributed by atoms with Crippen LogP contribution in [0.1, 0.15) is 262 Å². The van der Waals surface area contributed by atoms with Crippen molar-refractivity contribution >= 4 is 11.4 Å². The molecule has 62 heavy (non-hydrogen) atoms. The van der Waals surface area contributed by atoms with Crippen LogP contribution in [0, 0.1) is 0 Å². The van der Waals surface area contributed by atoms with Crippen LogP contribution < -0.4 is 0 Å². The molecule has 1 heterocycles. The van der Waals surface area contributed by atoms with Crippen molar-refractivity contribution in [1.29, 1.82) is 0 Å². The fourth-order valence-electron chi connectivity index (χ4n) is 9.12. The Balaban J connectivity index is 0.00000249. The Morgan fingerprint density at radius 3 is 1.15 bits per heavy atom. The van der Waals surface area contributed by atoms with E-state index in [1.165, 1.54) is 227 Å². The first-order valence-corrected chi connectivity index (χ1v) is 27.2. The van der Waals surface area contributed by atoms with Gasteiger partial charge in [-0.25, -0.2) is 4.70 Å². The molecule has 0 N–H and O–H groups in total. The molecule has 1 aliphatic heterocycles. The van der Waals surface area contributed by atoms with Gasteiger partial charge in [0.15, 0.2) is 0 Å². The summed E-state index contributed by atoms with van der Waals surface area (Å²) in [5.41, 5.74) is 22.1. The fourth-order valence-corrected chi connectivity index (χ4v) is 9.28.